The highest BCUT2D eigenvalue weighted by Gasteiger charge is 2.57. The summed E-state index contributed by atoms with van der Waals surface area (Å²) in [5, 5.41) is 12.8. The molecule has 4 aromatic rings. The Balaban J connectivity index is 0.961. The summed E-state index contributed by atoms with van der Waals surface area (Å²) in [6.07, 6.45) is -0.306. The number of fused-ring (bicyclic) bond motifs is 3. The first-order valence-corrected chi connectivity index (χ1v) is 28.0. The molecule has 3 saturated heterocycles. The Morgan fingerprint density at radius 1 is 0.878 bits per heavy atom. The number of amides is 4. The molecule has 0 spiro atoms. The number of benzene rings is 3. The molecule has 7 atom stereocenters. The van der Waals surface area contributed by atoms with Crippen molar-refractivity contribution in [2.75, 3.05) is 38.9 Å². The van der Waals surface area contributed by atoms with E-state index in [-0.39, 0.29) is 70.7 Å². The minimum Gasteiger partial charge on any atom is -0.543 e. The van der Waals surface area contributed by atoms with Crippen molar-refractivity contribution < 1.29 is 84.9 Å². The second-order valence-corrected chi connectivity index (χ2v) is 22.9. The Morgan fingerprint density at radius 3 is 2.10 bits per heavy atom. The number of methoxy groups -OCH3 is 2. The van der Waals surface area contributed by atoms with Gasteiger partial charge in [0, 0.05) is 54.0 Å². The molecule has 8 rings (SSSR count). The number of nitrogens with one attached hydrogen (secondary N) is 3. The number of thiazole rings is 1. The van der Waals surface area contributed by atoms with Gasteiger partial charge in [-0.3, -0.25) is 29.4 Å². The smallest absolute Gasteiger partial charge is 0.413 e. The van der Waals surface area contributed by atoms with E-state index in [0.29, 0.717) is 40.9 Å². The number of aromatic nitrogens is 1. The third-order valence-corrected chi connectivity index (χ3v) is 16.5. The van der Waals surface area contributed by atoms with E-state index in [1.807, 2.05) is 12.1 Å². The lowest BCUT2D eigenvalue weighted by Gasteiger charge is -2.52. The molecule has 3 N–H and O–H groups in total. The number of nitrogens with zero attached hydrogens (tertiary/aromatic N) is 4. The van der Waals surface area contributed by atoms with Crippen molar-refractivity contribution in [1.29, 1.82) is 0 Å². The summed E-state index contributed by atoms with van der Waals surface area (Å²) in [4.78, 5) is 105. The van der Waals surface area contributed by atoms with Gasteiger partial charge in [0.15, 0.2) is 28.2 Å². The number of thioether (sulfide) groups is 1. The van der Waals surface area contributed by atoms with E-state index in [1.54, 1.807) is 71.4 Å². The molecule has 0 radical (unpaired) electrons. The van der Waals surface area contributed by atoms with Gasteiger partial charge in [0.05, 0.1) is 39.8 Å². The van der Waals surface area contributed by atoms with Crippen molar-refractivity contribution in [3.05, 3.63) is 106 Å². The number of likely N-dealkylation sites (N-methyl/N-ethyl adjacent to an activating group) is 1. The summed E-state index contributed by atoms with van der Waals surface area (Å²) in [5.41, 5.74) is 0.806. The monoisotopic (exact) mass is 1170 g/mol. The van der Waals surface area contributed by atoms with Crippen LogP contribution in [-0.2, 0) is 60.7 Å². The van der Waals surface area contributed by atoms with E-state index in [9.17, 15) is 33.6 Å². The van der Waals surface area contributed by atoms with Crippen molar-refractivity contribution in [3.63, 3.8) is 0 Å². The van der Waals surface area contributed by atoms with Crippen LogP contribution in [0.4, 0.5) is 14.3 Å². The van der Waals surface area contributed by atoms with Crippen molar-refractivity contribution in [2.24, 2.45) is 5.16 Å². The minimum absolute atomic E-state index is 0.00462. The molecule has 23 nitrogen and oxygen atoms in total. The first-order chi connectivity index (χ1) is 39.1. The number of carbonyl (C=O) groups is 7. The van der Waals surface area contributed by atoms with Crippen LogP contribution >= 0.6 is 23.1 Å². The summed E-state index contributed by atoms with van der Waals surface area (Å²) in [7, 11) is 8.62. The minimum atomic E-state index is -1.65. The molecular formula is C53H62B3FN7O16S2+. The quantitative estimate of drug-likeness (QED) is 0.0336. The Labute approximate surface area is 483 Å². The van der Waals surface area contributed by atoms with Crippen LogP contribution in [0.1, 0.15) is 80.1 Å². The van der Waals surface area contributed by atoms with Gasteiger partial charge < -0.3 is 57.6 Å². The van der Waals surface area contributed by atoms with Gasteiger partial charge >= 0.3 is 42.2 Å². The highest BCUT2D eigenvalue weighted by atomic mass is 32.2. The van der Waals surface area contributed by atoms with Crippen molar-refractivity contribution >= 4 is 99.8 Å². The number of carbonyl (C=O) groups excluding carboxylic acids is 7. The molecule has 4 aliphatic heterocycles. The molecule has 1 unspecified atom stereocenters. The summed E-state index contributed by atoms with van der Waals surface area (Å²) in [5.74, 6) is -3.95. The van der Waals surface area contributed by atoms with Crippen LogP contribution in [-0.4, -0.2) is 161 Å². The van der Waals surface area contributed by atoms with Gasteiger partial charge in [-0.2, -0.15) is 0 Å². The largest absolute Gasteiger partial charge is 0.543 e. The fraction of sp³-hybridized carbons (Fsp3) is 0.415. The molecule has 0 saturated carbocycles. The zero-order valence-corrected chi connectivity index (χ0v) is 48.3. The number of quaternary nitrogens is 1. The van der Waals surface area contributed by atoms with Crippen LogP contribution < -0.4 is 34.9 Å². The van der Waals surface area contributed by atoms with Crippen molar-refractivity contribution in [1.82, 2.24) is 20.5 Å². The van der Waals surface area contributed by atoms with Crippen molar-refractivity contribution in [3.8, 4) is 23.0 Å². The summed E-state index contributed by atoms with van der Waals surface area (Å²) >= 11 is 2.24. The number of β-lactam (4-membered cyclic amide) rings is 1. The molecule has 2 bridgehead atoms. The molecule has 3 aromatic carbocycles. The normalized spacial score (nSPS) is 21.4. The fourth-order valence-corrected chi connectivity index (χ4v) is 12.3. The summed E-state index contributed by atoms with van der Waals surface area (Å²) in [6.45, 7) is 5.46. The molecule has 4 aliphatic rings. The van der Waals surface area contributed by atoms with E-state index >= 15 is 4.39 Å². The second-order valence-electron chi connectivity index (χ2n) is 20.9. The predicted octanol–water partition coefficient (Wildman–Crippen LogP) is 2.78. The third-order valence-electron chi connectivity index (χ3n) is 14.4. The van der Waals surface area contributed by atoms with E-state index in [4.69, 9.17) is 37.8 Å². The van der Waals surface area contributed by atoms with Gasteiger partial charge in [-0.05, 0) is 68.3 Å². The average molecular weight is 1170 g/mol. The first-order valence-electron chi connectivity index (χ1n) is 26.1. The molecule has 432 valence electrons. The molecule has 5 heterocycles. The molecule has 4 amide bonds. The van der Waals surface area contributed by atoms with Crippen LogP contribution in [0.5, 0.6) is 23.0 Å². The van der Waals surface area contributed by atoms with Crippen LogP contribution in [0.25, 0.3) is 0 Å². The predicted molar refractivity (Wildman–Crippen MR) is 303 cm³/mol. The standard InChI is InChI=1S/C53H61B3FN7O16S2/c1-53(2,3)76-52(71)61-51-59-37(26-82-51)41(62-80-39(49(69)78-55)21-40(65)77-54)46(67)60-42-47(68)63-43(50(70)79-56)30(25-81-48(42)63)22-64(4)32-11-12-33(64)20-31(19-32)58-45(66)29-17-36(57)44(75-24-28-9-15-35(73-6)16-10-28)38(18-29)74-23-27-7-13-34(72-5)14-8-27/h7-10,13-18,26,31-33,39,42,48H,11-12,19-25,54-56H2,1-6H3,(H2-,58,59,60,61,66,67,71)/p+1/b62-41-/t31-,32+,33-,39-,42+,48+,64?/m0/s1. The highest BCUT2D eigenvalue weighted by Crippen LogP contribution is 2.46. The van der Waals surface area contributed by atoms with Crippen molar-refractivity contribution in [2.45, 2.75) is 107 Å². The lowest BCUT2D eigenvalue weighted by atomic mass is 9.92. The number of oxime groups is 1. The SMILES string of the molecule is BOC(=O)C[C@H](O/N=C(\C(=O)N[C@@H]1C(=O)N2C(C(=O)OB)=C(C[N+]3(C)[C@@H]4CC[C@H]3C[C@@H](NC(=O)c3cc(F)c(OCc5ccc(OC)cc5)c(OCc5ccc(OC)cc5)c3)C4)CS[C@H]12)c1csc(NC(=O)OC(C)(C)C)n1)C(=O)OB. The maximum absolute atomic E-state index is 16.2. The van der Waals surface area contributed by atoms with Crippen LogP contribution in [0.3, 0.4) is 0 Å². The van der Waals surface area contributed by atoms with E-state index in [1.165, 1.54) is 36.2 Å². The first kappa shape index (κ1) is 60.3. The molecule has 3 fully saturated rings. The zero-order chi connectivity index (χ0) is 59.0. The Bertz CT molecular complexity index is 3130. The van der Waals surface area contributed by atoms with Gasteiger partial charge in [0.25, 0.3) is 23.7 Å². The number of rotatable bonds is 22. The molecule has 0 aliphatic carbocycles. The second kappa shape index (κ2) is 26.0. The summed E-state index contributed by atoms with van der Waals surface area (Å²) in [6, 6.07) is 15.6. The lowest BCUT2D eigenvalue weighted by molar-refractivity contribution is -0.944. The van der Waals surface area contributed by atoms with Crippen LogP contribution in [0.15, 0.2) is 82.5 Å². The third kappa shape index (κ3) is 13.9. The number of anilines is 1. The molecule has 82 heavy (non-hydrogen) atoms. The zero-order valence-electron chi connectivity index (χ0n) is 46.7. The van der Waals surface area contributed by atoms with Gasteiger partial charge in [0.1, 0.15) is 59.7 Å². The molecule has 29 heteroatoms. The Hall–Kier alpha value is -7.78. The maximum atomic E-state index is 16.2. The van der Waals surface area contributed by atoms with Crippen LogP contribution in [0, 0.1) is 5.82 Å². The lowest BCUT2D eigenvalue weighted by Crippen LogP contribution is -2.71. The number of halogens is 1. The fourth-order valence-electron chi connectivity index (χ4n) is 10.3. The number of ether oxygens (including phenoxy) is 5. The number of hydrogen-bond donors (Lipinski definition) is 3. The van der Waals surface area contributed by atoms with Gasteiger partial charge in [-0.1, -0.05) is 29.4 Å². The molecular weight excluding hydrogens is 1110 g/mol. The van der Waals surface area contributed by atoms with Gasteiger partial charge in [0.2, 0.25) is 6.10 Å². The van der Waals surface area contributed by atoms with E-state index in [2.05, 4.69) is 37.8 Å². The summed E-state index contributed by atoms with van der Waals surface area (Å²) < 4.78 is 59.4. The van der Waals surface area contributed by atoms with E-state index in [0.717, 1.165) is 57.5 Å². The number of piperidine rings is 1. The highest BCUT2D eigenvalue weighted by molar-refractivity contribution is 8.00. The molecule has 1 aromatic heterocycles. The topological polar surface area (TPSA) is 267 Å². The van der Waals surface area contributed by atoms with E-state index < -0.39 is 82.8 Å². The number of hydrogen-bond acceptors (Lipinski definition) is 20. The Kier molecular flexibility index (Phi) is 19.1. The van der Waals surface area contributed by atoms with Gasteiger partial charge in [-0.25, -0.2) is 23.8 Å². The van der Waals surface area contributed by atoms with Gasteiger partial charge in [-0.15, -0.1) is 23.1 Å². The van der Waals surface area contributed by atoms with Crippen LogP contribution in [0.2, 0.25) is 0 Å². The average Bonchev–Trinajstić information content (AvgIpc) is 1.56. The Morgan fingerprint density at radius 2 is 1.51 bits per heavy atom. The maximum Gasteiger partial charge on any atom is 0.413 e.